The summed E-state index contributed by atoms with van der Waals surface area (Å²) < 4.78 is 0. The Morgan fingerprint density at radius 1 is 0.912 bits per heavy atom. The van der Waals surface area contributed by atoms with Gasteiger partial charge in [-0.2, -0.15) is 11.8 Å². The third-order valence-electron chi connectivity index (χ3n) is 4.86. The number of rotatable bonds is 18. The van der Waals surface area contributed by atoms with Crippen LogP contribution in [0, 0.1) is 0 Å². The third kappa shape index (κ3) is 13.9. The van der Waals surface area contributed by atoms with Crippen molar-refractivity contribution < 1.29 is 24.3 Å². The lowest BCUT2D eigenvalue weighted by atomic mass is 10.1. The van der Waals surface area contributed by atoms with Gasteiger partial charge in [0, 0.05) is 6.54 Å². The van der Waals surface area contributed by atoms with Crippen molar-refractivity contribution in [3.05, 3.63) is 0 Å². The summed E-state index contributed by atoms with van der Waals surface area (Å²) in [5, 5.41) is 16.9. The van der Waals surface area contributed by atoms with Gasteiger partial charge in [0.15, 0.2) is 5.96 Å². The van der Waals surface area contributed by atoms with E-state index in [1.165, 1.54) is 6.92 Å². The standard InChI is InChI=1S/C20H40N8O5S/c1-12(16(29)28-15(19(32)33)7-5-10-25-20(23)24)26-18(31)14(6-3-4-9-21)27-17(30)13(22)8-11-34-2/h12-15H,3-11,21-22H2,1-2H3,(H,26,31)(H,27,30)(H,28,29)(H,32,33)(H4,23,24,25). The van der Waals surface area contributed by atoms with Gasteiger partial charge in [-0.3, -0.25) is 19.4 Å². The second-order valence-corrected chi connectivity index (χ2v) is 8.80. The topological polar surface area (TPSA) is 241 Å². The fourth-order valence-electron chi connectivity index (χ4n) is 2.85. The zero-order valence-electron chi connectivity index (χ0n) is 19.9. The summed E-state index contributed by atoms with van der Waals surface area (Å²) in [7, 11) is 0. The minimum atomic E-state index is -1.22. The third-order valence-corrected chi connectivity index (χ3v) is 5.51. The van der Waals surface area contributed by atoms with Crippen molar-refractivity contribution >= 4 is 41.4 Å². The maximum absolute atomic E-state index is 12.8. The molecule has 34 heavy (non-hydrogen) atoms. The highest BCUT2D eigenvalue weighted by Gasteiger charge is 2.28. The quantitative estimate of drug-likeness (QED) is 0.0569. The number of carbonyl (C=O) groups excluding carboxylic acids is 3. The van der Waals surface area contributed by atoms with Gasteiger partial charge in [-0.05, 0) is 64.0 Å². The first-order valence-electron chi connectivity index (χ1n) is 11.2. The van der Waals surface area contributed by atoms with E-state index in [9.17, 15) is 24.3 Å². The molecule has 0 spiro atoms. The molecule has 0 saturated heterocycles. The van der Waals surface area contributed by atoms with Gasteiger partial charge < -0.3 is 44.0 Å². The van der Waals surface area contributed by atoms with E-state index in [0.717, 1.165) is 0 Å². The Labute approximate surface area is 204 Å². The van der Waals surface area contributed by atoms with Crippen molar-refractivity contribution in [1.29, 1.82) is 0 Å². The van der Waals surface area contributed by atoms with Gasteiger partial charge in [0.2, 0.25) is 17.7 Å². The van der Waals surface area contributed by atoms with E-state index in [1.807, 2.05) is 6.26 Å². The van der Waals surface area contributed by atoms with Crippen LogP contribution in [0.3, 0.4) is 0 Å². The van der Waals surface area contributed by atoms with Gasteiger partial charge in [-0.15, -0.1) is 0 Å². The minimum Gasteiger partial charge on any atom is -0.480 e. The molecule has 0 saturated carbocycles. The first kappa shape index (κ1) is 31.4. The molecule has 4 atom stereocenters. The molecule has 0 radical (unpaired) electrons. The second kappa shape index (κ2) is 17.8. The number of thioether (sulfide) groups is 1. The normalized spacial score (nSPS) is 14.2. The van der Waals surface area contributed by atoms with Crippen molar-refractivity contribution in [2.75, 3.05) is 25.1 Å². The van der Waals surface area contributed by atoms with E-state index in [0.29, 0.717) is 44.4 Å². The van der Waals surface area contributed by atoms with Crippen molar-refractivity contribution in [3.8, 4) is 0 Å². The first-order valence-corrected chi connectivity index (χ1v) is 12.6. The molecule has 0 aromatic rings. The van der Waals surface area contributed by atoms with E-state index >= 15 is 0 Å². The zero-order chi connectivity index (χ0) is 26.1. The lowest BCUT2D eigenvalue weighted by molar-refractivity contribution is -0.142. The van der Waals surface area contributed by atoms with Gasteiger partial charge in [0.05, 0.1) is 6.04 Å². The fraction of sp³-hybridized carbons (Fsp3) is 0.750. The Morgan fingerprint density at radius 3 is 2.09 bits per heavy atom. The van der Waals surface area contributed by atoms with Crippen LogP contribution in [0.25, 0.3) is 0 Å². The highest BCUT2D eigenvalue weighted by atomic mass is 32.2. The molecule has 0 aromatic carbocycles. The maximum atomic E-state index is 12.8. The number of carboxylic acid groups (broad SMARTS) is 1. The zero-order valence-corrected chi connectivity index (χ0v) is 20.7. The molecule has 0 aliphatic heterocycles. The molecule has 3 amide bonds. The maximum Gasteiger partial charge on any atom is 0.326 e. The number of hydrogen-bond donors (Lipinski definition) is 8. The summed E-state index contributed by atoms with van der Waals surface area (Å²) in [6, 6.07) is -3.86. The lowest BCUT2D eigenvalue weighted by Gasteiger charge is -2.23. The predicted molar refractivity (Wildman–Crippen MR) is 133 cm³/mol. The number of unbranched alkanes of at least 4 members (excludes halogenated alkanes) is 1. The van der Waals surface area contributed by atoms with E-state index in [-0.39, 0.29) is 18.9 Å². The largest absolute Gasteiger partial charge is 0.480 e. The Balaban J connectivity index is 5.00. The molecule has 0 aliphatic rings. The Morgan fingerprint density at radius 2 is 1.53 bits per heavy atom. The summed E-state index contributed by atoms with van der Waals surface area (Å²) in [5.41, 5.74) is 21.9. The summed E-state index contributed by atoms with van der Waals surface area (Å²) in [6.45, 7) is 2.08. The first-order chi connectivity index (χ1) is 16.0. The molecule has 0 bridgehead atoms. The molecule has 196 valence electrons. The van der Waals surface area contributed by atoms with Crippen molar-refractivity contribution in [1.82, 2.24) is 16.0 Å². The number of guanidine groups is 1. The van der Waals surface area contributed by atoms with Crippen LogP contribution in [-0.2, 0) is 19.2 Å². The average molecular weight is 505 g/mol. The number of amides is 3. The summed E-state index contributed by atoms with van der Waals surface area (Å²) >= 11 is 1.56. The molecule has 14 heteroatoms. The Bertz CT molecular complexity index is 690. The van der Waals surface area contributed by atoms with Crippen LogP contribution in [-0.4, -0.2) is 84.0 Å². The van der Waals surface area contributed by atoms with Gasteiger partial charge in [-0.1, -0.05) is 0 Å². The van der Waals surface area contributed by atoms with Gasteiger partial charge >= 0.3 is 5.97 Å². The smallest absolute Gasteiger partial charge is 0.326 e. The van der Waals surface area contributed by atoms with Gasteiger partial charge in [0.25, 0.3) is 0 Å². The van der Waals surface area contributed by atoms with Crippen molar-refractivity contribution in [2.24, 2.45) is 27.9 Å². The molecule has 0 heterocycles. The van der Waals surface area contributed by atoms with Gasteiger partial charge in [-0.25, -0.2) is 4.79 Å². The van der Waals surface area contributed by atoms with Crippen molar-refractivity contribution in [3.63, 3.8) is 0 Å². The predicted octanol–water partition coefficient (Wildman–Crippen LogP) is -2.19. The molecule has 4 unspecified atom stereocenters. The Kier molecular flexibility index (Phi) is 16.5. The summed E-state index contributed by atoms with van der Waals surface area (Å²) in [6.07, 6.45) is 4.37. The average Bonchev–Trinajstić information content (AvgIpc) is 2.77. The molecule has 0 aliphatic carbocycles. The van der Waals surface area contributed by atoms with Crippen LogP contribution >= 0.6 is 11.8 Å². The Hall–Kier alpha value is -2.58. The van der Waals surface area contributed by atoms with E-state index in [4.69, 9.17) is 22.9 Å². The van der Waals surface area contributed by atoms with Crippen LogP contribution in [0.2, 0.25) is 0 Å². The molecule has 0 fully saturated rings. The highest BCUT2D eigenvalue weighted by Crippen LogP contribution is 2.05. The number of carbonyl (C=O) groups is 4. The van der Waals surface area contributed by atoms with Crippen LogP contribution in [0.4, 0.5) is 0 Å². The number of hydrogen-bond acceptors (Lipinski definition) is 8. The van der Waals surface area contributed by atoms with Crippen LogP contribution in [0.1, 0.15) is 45.4 Å². The number of aliphatic imine (C=N–C) groups is 1. The number of carboxylic acids is 1. The van der Waals surface area contributed by atoms with E-state index < -0.39 is 47.9 Å². The van der Waals surface area contributed by atoms with Gasteiger partial charge in [0.1, 0.15) is 18.1 Å². The number of nitrogens with two attached hydrogens (primary N) is 4. The molecular weight excluding hydrogens is 464 g/mol. The van der Waals surface area contributed by atoms with Crippen LogP contribution in [0.15, 0.2) is 4.99 Å². The van der Waals surface area contributed by atoms with E-state index in [2.05, 4.69) is 20.9 Å². The van der Waals surface area contributed by atoms with E-state index in [1.54, 1.807) is 11.8 Å². The number of aliphatic carboxylic acids is 1. The second-order valence-electron chi connectivity index (χ2n) is 7.81. The monoisotopic (exact) mass is 504 g/mol. The lowest BCUT2D eigenvalue weighted by Crippen LogP contribution is -2.56. The van der Waals surface area contributed by atoms with Crippen LogP contribution in [0.5, 0.6) is 0 Å². The number of nitrogens with one attached hydrogen (secondary N) is 3. The highest BCUT2D eigenvalue weighted by molar-refractivity contribution is 7.98. The molecule has 0 aromatic heterocycles. The molecule has 0 rings (SSSR count). The minimum absolute atomic E-state index is 0.101. The number of nitrogens with zero attached hydrogens (tertiary/aromatic N) is 1. The molecular formula is C20H40N8O5S. The van der Waals surface area contributed by atoms with Crippen molar-refractivity contribution in [2.45, 2.75) is 69.6 Å². The summed E-state index contributed by atoms with van der Waals surface area (Å²) in [4.78, 5) is 52.9. The molecule has 13 nitrogen and oxygen atoms in total. The fourth-order valence-corrected chi connectivity index (χ4v) is 3.34. The molecule has 12 N–H and O–H groups in total. The van der Waals surface area contributed by atoms with Crippen LogP contribution < -0.4 is 38.9 Å². The summed E-state index contributed by atoms with van der Waals surface area (Å²) in [5.74, 6) is -2.32. The SMILES string of the molecule is CSCCC(N)C(=O)NC(CCCCN)C(=O)NC(C)C(=O)NC(CCCN=C(N)N)C(=O)O.